The van der Waals surface area contributed by atoms with Crippen molar-refractivity contribution in [3.05, 3.63) is 58.5 Å². The van der Waals surface area contributed by atoms with Crippen molar-refractivity contribution in [2.45, 2.75) is 18.9 Å². The van der Waals surface area contributed by atoms with Gasteiger partial charge in [0.15, 0.2) is 0 Å². The lowest BCUT2D eigenvalue weighted by molar-refractivity contribution is 0.0344. The molecule has 0 fully saturated rings. The van der Waals surface area contributed by atoms with Gasteiger partial charge in [0.2, 0.25) is 0 Å². The molecule has 16 heavy (non-hydrogen) atoms. The normalized spacial score (nSPS) is 14.7. The first-order valence-corrected chi connectivity index (χ1v) is 5.88. The van der Waals surface area contributed by atoms with E-state index < -0.39 is 5.60 Å². The Morgan fingerprint density at radius 1 is 1.25 bits per heavy atom. The molecule has 3 heteroatoms. The maximum atomic E-state index is 10.3. The molecular formula is C13H13BrO2. The first-order valence-electron chi connectivity index (χ1n) is 5.09. The molecule has 1 N–H and O–H groups in total. The molecule has 0 aliphatic carbocycles. The van der Waals surface area contributed by atoms with Crippen molar-refractivity contribution in [2.75, 3.05) is 0 Å². The Bertz CT molecular complexity index is 443. The number of furan rings is 1. The lowest BCUT2D eigenvalue weighted by Gasteiger charge is -2.20. The molecule has 2 aromatic rings. The second-order valence-corrected chi connectivity index (χ2v) is 4.97. The summed E-state index contributed by atoms with van der Waals surface area (Å²) in [6.07, 6.45) is 2.11. The van der Waals surface area contributed by atoms with Gasteiger partial charge < -0.3 is 9.52 Å². The van der Waals surface area contributed by atoms with E-state index >= 15 is 0 Å². The molecule has 1 aromatic carbocycles. The summed E-state index contributed by atoms with van der Waals surface area (Å²) in [4.78, 5) is 0. The first-order chi connectivity index (χ1) is 7.58. The van der Waals surface area contributed by atoms with E-state index in [0.29, 0.717) is 12.2 Å². The maximum Gasteiger partial charge on any atom is 0.135 e. The Morgan fingerprint density at radius 2 is 1.94 bits per heavy atom. The van der Waals surface area contributed by atoms with Crippen molar-refractivity contribution < 1.29 is 9.52 Å². The summed E-state index contributed by atoms with van der Waals surface area (Å²) in [5, 5.41) is 10.3. The summed E-state index contributed by atoms with van der Waals surface area (Å²) in [5.41, 5.74) is 0.113. The van der Waals surface area contributed by atoms with E-state index in [1.165, 1.54) is 0 Å². The zero-order chi connectivity index (χ0) is 11.6. The highest BCUT2D eigenvalue weighted by Crippen LogP contribution is 2.26. The highest BCUT2D eigenvalue weighted by Gasteiger charge is 2.26. The van der Waals surface area contributed by atoms with Crippen LogP contribution in [0.3, 0.4) is 0 Å². The molecule has 0 aliphatic heterocycles. The Balaban J connectivity index is 2.18. The van der Waals surface area contributed by atoms with E-state index in [2.05, 4.69) is 15.9 Å². The molecule has 1 heterocycles. The molecule has 0 bridgehead atoms. The van der Waals surface area contributed by atoms with Crippen molar-refractivity contribution in [3.63, 3.8) is 0 Å². The van der Waals surface area contributed by atoms with Crippen molar-refractivity contribution >= 4 is 15.9 Å². The van der Waals surface area contributed by atoms with Crippen LogP contribution in [0.1, 0.15) is 18.2 Å². The van der Waals surface area contributed by atoms with Crippen LogP contribution in [0.2, 0.25) is 0 Å². The van der Waals surface area contributed by atoms with E-state index in [1.54, 1.807) is 25.3 Å². The van der Waals surface area contributed by atoms with Gasteiger partial charge in [-0.1, -0.05) is 28.1 Å². The first kappa shape index (κ1) is 11.4. The van der Waals surface area contributed by atoms with Crippen molar-refractivity contribution in [1.82, 2.24) is 0 Å². The highest BCUT2D eigenvalue weighted by atomic mass is 79.9. The van der Waals surface area contributed by atoms with Crippen LogP contribution in [0, 0.1) is 0 Å². The van der Waals surface area contributed by atoms with E-state index in [4.69, 9.17) is 4.42 Å². The van der Waals surface area contributed by atoms with E-state index in [9.17, 15) is 5.11 Å². The fourth-order valence-corrected chi connectivity index (χ4v) is 1.94. The minimum Gasteiger partial charge on any atom is -0.466 e. The number of halogens is 1. The van der Waals surface area contributed by atoms with E-state index in [-0.39, 0.29) is 0 Å². The third-order valence-corrected chi connectivity index (χ3v) is 3.04. The molecule has 0 saturated heterocycles. The summed E-state index contributed by atoms with van der Waals surface area (Å²) >= 11 is 3.38. The molecule has 0 aliphatic rings. The van der Waals surface area contributed by atoms with Gasteiger partial charge in [0, 0.05) is 10.9 Å². The van der Waals surface area contributed by atoms with Crippen molar-refractivity contribution in [3.8, 4) is 0 Å². The van der Waals surface area contributed by atoms with Crippen LogP contribution in [0.4, 0.5) is 0 Å². The predicted molar refractivity (Wildman–Crippen MR) is 66.1 cm³/mol. The van der Waals surface area contributed by atoms with Crippen LogP contribution in [0.15, 0.2) is 51.6 Å². The Morgan fingerprint density at radius 3 is 2.50 bits per heavy atom. The van der Waals surface area contributed by atoms with Gasteiger partial charge in [0.1, 0.15) is 11.4 Å². The lowest BCUT2D eigenvalue weighted by atomic mass is 9.94. The Hall–Kier alpha value is -1.06. The quantitative estimate of drug-likeness (QED) is 0.934. The molecule has 2 rings (SSSR count). The molecule has 1 atom stereocenters. The summed E-state index contributed by atoms with van der Waals surface area (Å²) in [5.74, 6) is 0.593. The molecule has 1 unspecified atom stereocenters. The second-order valence-electron chi connectivity index (χ2n) is 4.05. The van der Waals surface area contributed by atoms with E-state index in [1.807, 2.05) is 24.3 Å². The SMILES string of the molecule is CC(O)(Cc1ccc(Br)cc1)c1ccco1. The molecule has 0 radical (unpaired) electrons. The van der Waals surface area contributed by atoms with Crippen LogP contribution in [0.5, 0.6) is 0 Å². The van der Waals surface area contributed by atoms with Gasteiger partial charge in [0.25, 0.3) is 0 Å². The number of rotatable bonds is 3. The van der Waals surface area contributed by atoms with Gasteiger partial charge in [-0.2, -0.15) is 0 Å². The number of hydrogen-bond donors (Lipinski definition) is 1. The van der Waals surface area contributed by atoms with Crippen LogP contribution in [-0.4, -0.2) is 5.11 Å². The number of benzene rings is 1. The predicted octanol–water partition coefficient (Wildman–Crippen LogP) is 3.49. The molecule has 0 saturated carbocycles. The van der Waals surface area contributed by atoms with Crippen LogP contribution in [-0.2, 0) is 12.0 Å². The minimum atomic E-state index is -0.961. The van der Waals surface area contributed by atoms with Gasteiger partial charge in [-0.05, 0) is 36.8 Å². The smallest absolute Gasteiger partial charge is 0.135 e. The molecule has 0 spiro atoms. The van der Waals surface area contributed by atoms with Crippen LogP contribution in [0.25, 0.3) is 0 Å². The van der Waals surface area contributed by atoms with Crippen LogP contribution < -0.4 is 0 Å². The standard InChI is InChI=1S/C13H13BrO2/c1-13(15,12-3-2-8-16-12)9-10-4-6-11(14)7-5-10/h2-8,15H,9H2,1H3. The van der Waals surface area contributed by atoms with Gasteiger partial charge >= 0.3 is 0 Å². The largest absolute Gasteiger partial charge is 0.466 e. The zero-order valence-electron chi connectivity index (χ0n) is 8.98. The summed E-state index contributed by atoms with van der Waals surface area (Å²) in [6.45, 7) is 1.76. The van der Waals surface area contributed by atoms with Gasteiger partial charge in [-0.15, -0.1) is 0 Å². The average molecular weight is 281 g/mol. The fourth-order valence-electron chi connectivity index (χ4n) is 1.67. The van der Waals surface area contributed by atoms with Gasteiger partial charge in [0.05, 0.1) is 6.26 Å². The summed E-state index contributed by atoms with van der Waals surface area (Å²) in [6, 6.07) is 11.5. The minimum absolute atomic E-state index is 0.536. The molecule has 1 aromatic heterocycles. The summed E-state index contributed by atoms with van der Waals surface area (Å²) < 4.78 is 6.27. The molecule has 0 amide bonds. The molecule has 84 valence electrons. The Labute approximate surface area is 103 Å². The van der Waals surface area contributed by atoms with Crippen molar-refractivity contribution in [2.24, 2.45) is 0 Å². The average Bonchev–Trinajstić information content (AvgIpc) is 2.75. The highest BCUT2D eigenvalue weighted by molar-refractivity contribution is 9.10. The monoisotopic (exact) mass is 280 g/mol. The topological polar surface area (TPSA) is 33.4 Å². The molecule has 2 nitrogen and oxygen atoms in total. The third kappa shape index (κ3) is 2.54. The fraction of sp³-hybridized carbons (Fsp3) is 0.231. The molecular weight excluding hydrogens is 268 g/mol. The van der Waals surface area contributed by atoms with Crippen molar-refractivity contribution in [1.29, 1.82) is 0 Å². The number of hydrogen-bond acceptors (Lipinski definition) is 2. The maximum absolute atomic E-state index is 10.3. The number of aliphatic hydroxyl groups is 1. The van der Waals surface area contributed by atoms with Gasteiger partial charge in [-0.3, -0.25) is 0 Å². The van der Waals surface area contributed by atoms with Crippen LogP contribution >= 0.6 is 15.9 Å². The van der Waals surface area contributed by atoms with Gasteiger partial charge in [-0.25, -0.2) is 0 Å². The summed E-state index contributed by atoms with van der Waals surface area (Å²) in [7, 11) is 0. The second kappa shape index (κ2) is 4.44. The zero-order valence-corrected chi connectivity index (χ0v) is 10.6. The Kier molecular flexibility index (Phi) is 3.17. The lowest BCUT2D eigenvalue weighted by Crippen LogP contribution is -2.23. The van der Waals surface area contributed by atoms with E-state index in [0.717, 1.165) is 10.0 Å². The third-order valence-electron chi connectivity index (χ3n) is 2.51.